The third kappa shape index (κ3) is 6.60. The molecule has 0 aliphatic carbocycles. The van der Waals surface area contributed by atoms with Crippen LogP contribution in [0.1, 0.15) is 22.3 Å². The number of carboxylic acids is 1. The van der Waals surface area contributed by atoms with Crippen molar-refractivity contribution in [2.24, 2.45) is 0 Å². The van der Waals surface area contributed by atoms with Crippen LogP contribution in [0.25, 0.3) is 11.3 Å². The molecule has 4 rings (SSSR count). The predicted molar refractivity (Wildman–Crippen MR) is 141 cm³/mol. The first-order valence-electron chi connectivity index (χ1n) is 10.7. The Morgan fingerprint density at radius 2 is 1.71 bits per heavy atom. The van der Waals surface area contributed by atoms with Crippen molar-refractivity contribution in [3.63, 3.8) is 0 Å². The van der Waals surface area contributed by atoms with Crippen LogP contribution in [-0.4, -0.2) is 28.5 Å². The molecule has 3 aromatic carbocycles. The summed E-state index contributed by atoms with van der Waals surface area (Å²) < 4.78 is 0. The van der Waals surface area contributed by atoms with Gasteiger partial charge in [-0.15, -0.1) is 11.3 Å². The summed E-state index contributed by atoms with van der Waals surface area (Å²) in [7, 11) is 0. The van der Waals surface area contributed by atoms with Crippen LogP contribution in [0.15, 0.2) is 78.2 Å². The summed E-state index contributed by atoms with van der Waals surface area (Å²) in [6.45, 7) is 0.602. The van der Waals surface area contributed by atoms with E-state index in [1.54, 1.807) is 12.1 Å². The Morgan fingerprint density at radius 1 is 0.971 bits per heavy atom. The highest BCUT2D eigenvalue weighted by atomic mass is 35.5. The Morgan fingerprint density at radius 3 is 2.40 bits per heavy atom. The van der Waals surface area contributed by atoms with Gasteiger partial charge in [0.2, 0.25) is 0 Å². The van der Waals surface area contributed by atoms with Gasteiger partial charge in [-0.2, -0.15) is 0 Å². The lowest BCUT2D eigenvalue weighted by atomic mass is 10.1. The van der Waals surface area contributed by atoms with Gasteiger partial charge in [0, 0.05) is 38.8 Å². The van der Waals surface area contributed by atoms with Crippen LogP contribution >= 0.6 is 34.5 Å². The number of amides is 1. The molecule has 0 saturated carbocycles. The molecule has 1 amide bonds. The second-order valence-corrected chi connectivity index (χ2v) is 9.39. The van der Waals surface area contributed by atoms with Crippen molar-refractivity contribution < 1.29 is 14.7 Å². The van der Waals surface area contributed by atoms with Gasteiger partial charge in [-0.1, -0.05) is 47.5 Å². The summed E-state index contributed by atoms with van der Waals surface area (Å²) in [5, 5.41) is 15.4. The molecule has 0 atom stereocenters. The number of aromatic nitrogens is 1. The zero-order valence-corrected chi connectivity index (χ0v) is 20.8. The SMILES string of the molecule is O=C(O)CCNC(=O)c1ccc(CN(c2ccc(Cl)cc2)c2nc(-c3cccc(Cl)c3)cs2)cc1. The molecule has 178 valence electrons. The van der Waals surface area contributed by atoms with Crippen LogP contribution in [0, 0.1) is 0 Å². The molecule has 0 aliphatic heterocycles. The minimum Gasteiger partial charge on any atom is -0.481 e. The first-order valence-corrected chi connectivity index (χ1v) is 12.4. The van der Waals surface area contributed by atoms with Gasteiger partial charge < -0.3 is 15.3 Å². The molecule has 0 fully saturated rings. The van der Waals surface area contributed by atoms with E-state index in [2.05, 4.69) is 10.2 Å². The van der Waals surface area contributed by atoms with E-state index in [4.69, 9.17) is 33.3 Å². The van der Waals surface area contributed by atoms with Crippen LogP contribution in [-0.2, 0) is 11.3 Å². The van der Waals surface area contributed by atoms with Crippen LogP contribution in [0.2, 0.25) is 10.0 Å². The highest BCUT2D eigenvalue weighted by Crippen LogP contribution is 2.34. The number of halogens is 2. The lowest BCUT2D eigenvalue weighted by molar-refractivity contribution is -0.136. The molecular formula is C26H21Cl2N3O3S. The fourth-order valence-electron chi connectivity index (χ4n) is 3.39. The predicted octanol–water partition coefficient (Wildman–Crippen LogP) is 6.66. The third-order valence-electron chi connectivity index (χ3n) is 5.16. The van der Waals surface area contributed by atoms with Gasteiger partial charge >= 0.3 is 5.97 Å². The average molecular weight is 526 g/mol. The summed E-state index contributed by atoms with van der Waals surface area (Å²) in [6, 6.07) is 22.3. The number of nitrogens with zero attached hydrogens (tertiary/aromatic N) is 2. The van der Waals surface area contributed by atoms with E-state index in [9.17, 15) is 9.59 Å². The zero-order valence-electron chi connectivity index (χ0n) is 18.4. The van der Waals surface area contributed by atoms with Crippen LogP contribution in [0.4, 0.5) is 10.8 Å². The van der Waals surface area contributed by atoms with Crippen molar-refractivity contribution in [3.05, 3.63) is 99.3 Å². The van der Waals surface area contributed by atoms with Gasteiger partial charge in [0.15, 0.2) is 5.13 Å². The van der Waals surface area contributed by atoms with Crippen molar-refractivity contribution in [1.29, 1.82) is 0 Å². The molecule has 4 aromatic rings. The van der Waals surface area contributed by atoms with E-state index >= 15 is 0 Å². The fraction of sp³-hybridized carbons (Fsp3) is 0.115. The molecule has 0 unspecified atom stereocenters. The molecular weight excluding hydrogens is 505 g/mol. The number of hydrogen-bond acceptors (Lipinski definition) is 5. The number of benzene rings is 3. The number of anilines is 2. The van der Waals surface area contributed by atoms with Gasteiger partial charge in [0.25, 0.3) is 5.91 Å². The Hall–Kier alpha value is -3.39. The van der Waals surface area contributed by atoms with Crippen molar-refractivity contribution in [2.75, 3.05) is 11.4 Å². The first-order chi connectivity index (χ1) is 16.9. The van der Waals surface area contributed by atoms with Crippen LogP contribution in [0.3, 0.4) is 0 Å². The van der Waals surface area contributed by atoms with Crippen molar-refractivity contribution in [3.8, 4) is 11.3 Å². The number of rotatable bonds is 9. The van der Waals surface area contributed by atoms with Crippen molar-refractivity contribution >= 4 is 57.2 Å². The van der Waals surface area contributed by atoms with Crippen LogP contribution < -0.4 is 10.2 Å². The first kappa shape index (κ1) is 24.7. The van der Waals surface area contributed by atoms with Gasteiger partial charge in [-0.25, -0.2) is 4.98 Å². The lowest BCUT2D eigenvalue weighted by Crippen LogP contribution is -2.26. The minimum absolute atomic E-state index is 0.0826. The van der Waals surface area contributed by atoms with E-state index in [-0.39, 0.29) is 18.9 Å². The number of nitrogens with one attached hydrogen (secondary N) is 1. The van der Waals surface area contributed by atoms with Gasteiger partial charge in [-0.3, -0.25) is 9.59 Å². The second-order valence-electron chi connectivity index (χ2n) is 7.68. The Balaban J connectivity index is 1.56. The highest BCUT2D eigenvalue weighted by Gasteiger charge is 2.16. The smallest absolute Gasteiger partial charge is 0.305 e. The summed E-state index contributed by atoms with van der Waals surface area (Å²) in [4.78, 5) is 29.8. The molecule has 0 aliphatic rings. The number of carboxylic acid groups (broad SMARTS) is 1. The molecule has 35 heavy (non-hydrogen) atoms. The molecule has 9 heteroatoms. The number of carbonyl (C=O) groups is 2. The highest BCUT2D eigenvalue weighted by molar-refractivity contribution is 7.14. The number of carbonyl (C=O) groups excluding carboxylic acids is 1. The normalized spacial score (nSPS) is 10.7. The standard InChI is InChI=1S/C26H21Cl2N3O3S/c27-20-8-10-22(11-9-20)31(26-30-23(16-35-26)19-2-1-3-21(28)14-19)15-17-4-6-18(7-5-17)25(34)29-13-12-24(32)33/h1-11,14,16H,12-13,15H2,(H,29,34)(H,32,33). The maximum absolute atomic E-state index is 12.3. The maximum atomic E-state index is 12.3. The number of aliphatic carboxylic acids is 1. The van der Waals surface area contributed by atoms with Crippen LogP contribution in [0.5, 0.6) is 0 Å². The summed E-state index contributed by atoms with van der Waals surface area (Å²) in [5.74, 6) is -1.26. The quantitative estimate of drug-likeness (QED) is 0.255. The van der Waals surface area contributed by atoms with E-state index in [0.717, 1.165) is 27.6 Å². The molecule has 2 N–H and O–H groups in total. The molecule has 0 spiro atoms. The lowest BCUT2D eigenvalue weighted by Gasteiger charge is -2.22. The van der Waals surface area contributed by atoms with Crippen molar-refractivity contribution in [1.82, 2.24) is 10.3 Å². The molecule has 0 radical (unpaired) electrons. The molecule has 1 heterocycles. The van der Waals surface area contributed by atoms with Gasteiger partial charge in [-0.05, 0) is 54.1 Å². The topological polar surface area (TPSA) is 82.5 Å². The second kappa shape index (κ2) is 11.4. The molecule has 0 bridgehead atoms. The largest absolute Gasteiger partial charge is 0.481 e. The number of thiazole rings is 1. The molecule has 0 saturated heterocycles. The third-order valence-corrected chi connectivity index (χ3v) is 6.51. The van der Waals surface area contributed by atoms with E-state index < -0.39 is 5.97 Å². The van der Waals surface area contributed by atoms with Gasteiger partial charge in [0.05, 0.1) is 18.7 Å². The number of hydrogen-bond donors (Lipinski definition) is 2. The van der Waals surface area contributed by atoms with E-state index in [1.807, 2.05) is 66.0 Å². The Labute approximate surface area is 216 Å². The maximum Gasteiger partial charge on any atom is 0.305 e. The van der Waals surface area contributed by atoms with E-state index in [0.29, 0.717) is 22.2 Å². The zero-order chi connectivity index (χ0) is 24.8. The molecule has 1 aromatic heterocycles. The van der Waals surface area contributed by atoms with Gasteiger partial charge in [0.1, 0.15) is 0 Å². The minimum atomic E-state index is -0.955. The fourth-order valence-corrected chi connectivity index (χ4v) is 4.56. The average Bonchev–Trinajstić information content (AvgIpc) is 3.33. The Bertz CT molecular complexity index is 1320. The monoisotopic (exact) mass is 525 g/mol. The Kier molecular flexibility index (Phi) is 8.02. The van der Waals surface area contributed by atoms with E-state index in [1.165, 1.54) is 11.3 Å². The summed E-state index contributed by atoms with van der Waals surface area (Å²) >= 11 is 13.8. The molecule has 6 nitrogen and oxygen atoms in total. The van der Waals surface area contributed by atoms with Crippen molar-refractivity contribution in [2.45, 2.75) is 13.0 Å². The summed E-state index contributed by atoms with van der Waals surface area (Å²) in [6.07, 6.45) is -0.120. The summed E-state index contributed by atoms with van der Waals surface area (Å²) in [5.41, 5.74) is 4.14.